The standard InChI is InChI=1S/C28H24F4N4O2S.C3H8/c1-3-18-6-9-20(10-7-18)36-26(34-25-21(27(36)38)5-4-12-33-25)17(2)35(13-14-39)24(37)16-19-8-11-22(23(29)15-19)28(30,31)32;1-3-2/h3-12,15,17,39H,1,13-14,16H2,2H3;3H2,1-2H3. The fraction of sp³-hybridized carbons (Fsp3) is 0.290. The second-order valence-electron chi connectivity index (χ2n) is 9.46. The molecule has 0 N–H and O–H groups in total. The predicted octanol–water partition coefficient (Wildman–Crippen LogP) is 7.06. The summed E-state index contributed by atoms with van der Waals surface area (Å²) in [6, 6.07) is 11.9. The molecule has 2 aromatic heterocycles. The summed E-state index contributed by atoms with van der Waals surface area (Å²) < 4.78 is 54.4. The van der Waals surface area contributed by atoms with Crippen molar-refractivity contribution in [3.63, 3.8) is 0 Å². The highest BCUT2D eigenvalue weighted by molar-refractivity contribution is 7.80. The molecule has 11 heteroatoms. The summed E-state index contributed by atoms with van der Waals surface area (Å²) in [5.74, 6) is -1.48. The molecule has 4 aromatic rings. The molecular weight excluding hydrogens is 568 g/mol. The molecule has 1 atom stereocenters. The van der Waals surface area contributed by atoms with Crippen molar-refractivity contribution in [1.29, 1.82) is 0 Å². The van der Waals surface area contributed by atoms with Gasteiger partial charge in [-0.1, -0.05) is 51.1 Å². The van der Waals surface area contributed by atoms with Gasteiger partial charge in [-0.3, -0.25) is 14.2 Å². The van der Waals surface area contributed by atoms with Crippen LogP contribution in [-0.2, 0) is 17.4 Å². The molecule has 1 unspecified atom stereocenters. The van der Waals surface area contributed by atoms with Crippen LogP contribution in [0.4, 0.5) is 17.6 Å². The highest BCUT2D eigenvalue weighted by Gasteiger charge is 2.34. The van der Waals surface area contributed by atoms with Crippen LogP contribution in [0, 0.1) is 5.82 Å². The van der Waals surface area contributed by atoms with Crippen LogP contribution in [0.5, 0.6) is 0 Å². The van der Waals surface area contributed by atoms with Gasteiger partial charge in [0.15, 0.2) is 5.65 Å². The van der Waals surface area contributed by atoms with Crippen LogP contribution in [0.25, 0.3) is 22.8 Å². The van der Waals surface area contributed by atoms with Gasteiger partial charge < -0.3 is 4.90 Å². The van der Waals surface area contributed by atoms with Crippen LogP contribution in [0.3, 0.4) is 0 Å². The number of halogens is 4. The van der Waals surface area contributed by atoms with Crippen LogP contribution in [0.2, 0.25) is 0 Å². The van der Waals surface area contributed by atoms with Crippen LogP contribution >= 0.6 is 12.6 Å². The van der Waals surface area contributed by atoms with Gasteiger partial charge >= 0.3 is 6.18 Å². The lowest BCUT2D eigenvalue weighted by molar-refractivity contribution is -0.140. The van der Waals surface area contributed by atoms with Gasteiger partial charge in [-0.2, -0.15) is 25.8 Å². The van der Waals surface area contributed by atoms with Gasteiger partial charge in [-0.05, 0) is 54.4 Å². The zero-order valence-corrected chi connectivity index (χ0v) is 24.4. The van der Waals surface area contributed by atoms with Crippen LogP contribution in [-0.4, -0.2) is 37.6 Å². The average Bonchev–Trinajstić information content (AvgIpc) is 2.95. The van der Waals surface area contributed by atoms with Gasteiger partial charge in [-0.25, -0.2) is 14.4 Å². The fourth-order valence-corrected chi connectivity index (χ4v) is 4.50. The summed E-state index contributed by atoms with van der Waals surface area (Å²) in [6.45, 7) is 9.80. The molecule has 222 valence electrons. The van der Waals surface area contributed by atoms with E-state index in [2.05, 4.69) is 43.0 Å². The summed E-state index contributed by atoms with van der Waals surface area (Å²) in [5, 5.41) is 0.286. The van der Waals surface area contributed by atoms with E-state index in [4.69, 9.17) is 0 Å². The summed E-state index contributed by atoms with van der Waals surface area (Å²) in [5.41, 5.74) is -0.164. The Bertz CT molecular complexity index is 1600. The first kappa shape index (κ1) is 32.5. The maximum atomic E-state index is 14.1. The number of hydrogen-bond donors (Lipinski definition) is 1. The third-order valence-electron chi connectivity index (χ3n) is 6.25. The highest BCUT2D eigenvalue weighted by Crippen LogP contribution is 2.32. The Hall–Kier alpha value is -3.99. The van der Waals surface area contributed by atoms with Crippen molar-refractivity contribution in [2.24, 2.45) is 0 Å². The molecule has 0 bridgehead atoms. The SMILES string of the molecule is C=Cc1ccc(-n2c(C(C)N(CCS)C(=O)Cc3ccc(C(F)(F)F)c(F)c3)nc3ncccc3c2=O)cc1.CCC. The highest BCUT2D eigenvalue weighted by atomic mass is 32.1. The van der Waals surface area contributed by atoms with E-state index in [-0.39, 0.29) is 46.7 Å². The first-order valence-electron chi connectivity index (χ1n) is 13.3. The van der Waals surface area contributed by atoms with Crippen molar-refractivity contribution in [2.75, 3.05) is 12.3 Å². The zero-order chi connectivity index (χ0) is 31.0. The van der Waals surface area contributed by atoms with E-state index in [1.165, 1.54) is 22.1 Å². The van der Waals surface area contributed by atoms with E-state index in [1.54, 1.807) is 49.4 Å². The van der Waals surface area contributed by atoms with Gasteiger partial charge in [0.2, 0.25) is 5.91 Å². The number of pyridine rings is 1. The van der Waals surface area contributed by atoms with Gasteiger partial charge in [0, 0.05) is 18.5 Å². The molecule has 4 rings (SSSR count). The predicted molar refractivity (Wildman–Crippen MR) is 160 cm³/mol. The van der Waals surface area contributed by atoms with E-state index < -0.39 is 29.5 Å². The molecule has 0 aliphatic carbocycles. The topological polar surface area (TPSA) is 68.1 Å². The second kappa shape index (κ2) is 14.3. The van der Waals surface area contributed by atoms with Crippen molar-refractivity contribution < 1.29 is 22.4 Å². The minimum atomic E-state index is -4.84. The lowest BCUT2D eigenvalue weighted by Crippen LogP contribution is -2.39. The lowest BCUT2D eigenvalue weighted by atomic mass is 10.1. The molecule has 0 aliphatic heterocycles. The Morgan fingerprint density at radius 3 is 2.38 bits per heavy atom. The van der Waals surface area contributed by atoms with Crippen LogP contribution in [0.15, 0.2) is 72.2 Å². The zero-order valence-electron chi connectivity index (χ0n) is 23.5. The molecule has 2 aromatic carbocycles. The number of amides is 1. The smallest absolute Gasteiger partial charge is 0.332 e. The second-order valence-corrected chi connectivity index (χ2v) is 9.91. The number of thiol groups is 1. The summed E-state index contributed by atoms with van der Waals surface area (Å²) in [6.07, 6.45) is -0.794. The summed E-state index contributed by atoms with van der Waals surface area (Å²) >= 11 is 4.26. The molecule has 2 heterocycles. The van der Waals surface area contributed by atoms with Crippen LogP contribution < -0.4 is 5.56 Å². The van der Waals surface area contributed by atoms with Crippen LogP contribution in [0.1, 0.15) is 55.7 Å². The van der Waals surface area contributed by atoms with Crippen molar-refractivity contribution in [3.8, 4) is 5.69 Å². The summed E-state index contributed by atoms with van der Waals surface area (Å²) in [4.78, 5) is 37.3. The Morgan fingerprint density at radius 2 is 1.81 bits per heavy atom. The largest absolute Gasteiger partial charge is 0.419 e. The molecule has 1 amide bonds. The number of benzene rings is 2. The first-order valence-corrected chi connectivity index (χ1v) is 14.0. The Kier molecular flexibility index (Phi) is 11.0. The van der Waals surface area contributed by atoms with Crippen molar-refractivity contribution in [1.82, 2.24) is 19.4 Å². The maximum Gasteiger partial charge on any atom is 0.419 e. The van der Waals surface area contributed by atoms with Gasteiger partial charge in [0.1, 0.15) is 11.6 Å². The molecule has 0 fully saturated rings. The lowest BCUT2D eigenvalue weighted by Gasteiger charge is -2.30. The molecular formula is C31H32F4N4O2S. The maximum absolute atomic E-state index is 14.1. The van der Waals surface area contributed by atoms with E-state index in [0.29, 0.717) is 17.8 Å². The number of fused-ring (bicyclic) bond motifs is 1. The molecule has 42 heavy (non-hydrogen) atoms. The summed E-state index contributed by atoms with van der Waals surface area (Å²) in [7, 11) is 0. The molecule has 0 saturated carbocycles. The minimum Gasteiger partial charge on any atom is -0.332 e. The van der Waals surface area contributed by atoms with E-state index >= 15 is 0 Å². The molecule has 0 saturated heterocycles. The number of rotatable bonds is 8. The van der Waals surface area contributed by atoms with Crippen molar-refractivity contribution in [3.05, 3.63) is 106 Å². The molecule has 6 nitrogen and oxygen atoms in total. The molecule has 0 radical (unpaired) electrons. The number of alkyl halides is 3. The molecule has 0 aliphatic rings. The monoisotopic (exact) mass is 600 g/mol. The number of hydrogen-bond acceptors (Lipinski definition) is 5. The number of carbonyl (C=O) groups excluding carboxylic acids is 1. The fourth-order valence-electron chi connectivity index (χ4n) is 4.28. The van der Waals surface area contributed by atoms with E-state index in [0.717, 1.165) is 11.6 Å². The third kappa shape index (κ3) is 7.44. The van der Waals surface area contributed by atoms with Crippen molar-refractivity contribution in [2.45, 2.75) is 45.8 Å². The van der Waals surface area contributed by atoms with Gasteiger partial charge in [0.25, 0.3) is 5.56 Å². The number of aromatic nitrogens is 3. The molecule has 0 spiro atoms. The van der Waals surface area contributed by atoms with Gasteiger partial charge in [-0.15, -0.1) is 0 Å². The Balaban J connectivity index is 0.00000155. The Labute approximate surface area is 247 Å². The van der Waals surface area contributed by atoms with Gasteiger partial charge in [0.05, 0.1) is 29.1 Å². The number of nitrogens with zero attached hydrogens (tertiary/aromatic N) is 4. The van der Waals surface area contributed by atoms with Crippen molar-refractivity contribution >= 4 is 35.6 Å². The minimum absolute atomic E-state index is 0.0763. The Morgan fingerprint density at radius 1 is 1.14 bits per heavy atom. The average molecular weight is 601 g/mol. The normalized spacial score (nSPS) is 11.9. The van der Waals surface area contributed by atoms with E-state index in [1.807, 2.05) is 0 Å². The quantitative estimate of drug-likeness (QED) is 0.174. The van der Waals surface area contributed by atoms with E-state index in [9.17, 15) is 27.2 Å². The number of carbonyl (C=O) groups is 1. The first-order chi connectivity index (χ1) is 20.0. The third-order valence-corrected chi connectivity index (χ3v) is 6.45.